The molecular weight excluding hydrogens is 687 g/mol. The van der Waals surface area contributed by atoms with Crippen molar-refractivity contribution in [1.29, 1.82) is 0 Å². The molecule has 0 bridgehead atoms. The molecular formula is C40H73N3O5Si3. The highest BCUT2D eigenvalue weighted by Gasteiger charge is 2.50. The molecule has 0 saturated heterocycles. The first kappa shape index (κ1) is 43.8. The minimum atomic E-state index is -2.15. The van der Waals surface area contributed by atoms with Crippen LogP contribution < -0.4 is 5.32 Å². The number of rotatable bonds is 18. The fraction of sp³-hybridized carbons (Fsp3) is 0.775. The first-order valence-electron chi connectivity index (χ1n) is 19.6. The number of carbonyl (C=O) groups excluding carboxylic acids is 1. The van der Waals surface area contributed by atoms with Gasteiger partial charge in [0.2, 0.25) is 22.4 Å². The molecule has 8 nitrogen and oxygen atoms in total. The highest BCUT2D eigenvalue weighted by molar-refractivity contribution is 6.78. The van der Waals surface area contributed by atoms with Crippen molar-refractivity contribution in [3.05, 3.63) is 41.7 Å². The zero-order valence-corrected chi connectivity index (χ0v) is 38.3. The van der Waals surface area contributed by atoms with Gasteiger partial charge in [-0.05, 0) is 70.3 Å². The van der Waals surface area contributed by atoms with Gasteiger partial charge in [-0.25, -0.2) is 9.97 Å². The Balaban J connectivity index is 1.86. The van der Waals surface area contributed by atoms with E-state index in [-0.39, 0.29) is 34.6 Å². The van der Waals surface area contributed by atoms with Gasteiger partial charge in [0.1, 0.15) is 12.1 Å². The quantitative estimate of drug-likeness (QED) is 0.119. The number of ketones is 1. The minimum absolute atomic E-state index is 0.0675. The van der Waals surface area contributed by atoms with E-state index in [1.54, 1.807) is 12.5 Å². The van der Waals surface area contributed by atoms with E-state index in [0.717, 1.165) is 18.4 Å². The number of nitrogens with one attached hydrogen (secondary N) is 1. The van der Waals surface area contributed by atoms with Crippen LogP contribution in [0.1, 0.15) is 138 Å². The molecule has 2 aromatic rings. The molecule has 0 aromatic carbocycles. The van der Waals surface area contributed by atoms with E-state index >= 15 is 0 Å². The van der Waals surface area contributed by atoms with Crippen LogP contribution in [0.15, 0.2) is 29.3 Å². The third kappa shape index (κ3) is 9.54. The third-order valence-corrected chi connectivity index (χ3v) is 29.2. The molecule has 1 aliphatic carbocycles. The molecule has 51 heavy (non-hydrogen) atoms. The van der Waals surface area contributed by atoms with Crippen molar-refractivity contribution in [3.63, 3.8) is 0 Å². The first-order chi connectivity index (χ1) is 23.5. The van der Waals surface area contributed by atoms with Crippen LogP contribution in [-0.2, 0) is 19.9 Å². The van der Waals surface area contributed by atoms with Gasteiger partial charge in [0, 0.05) is 30.3 Å². The van der Waals surface area contributed by atoms with Crippen LogP contribution in [-0.4, -0.2) is 59.5 Å². The van der Waals surface area contributed by atoms with Crippen molar-refractivity contribution in [1.82, 2.24) is 9.97 Å². The van der Waals surface area contributed by atoms with Crippen LogP contribution in [0, 0.1) is 5.92 Å². The Hall–Kier alpha value is -1.64. The molecule has 1 aliphatic rings. The summed E-state index contributed by atoms with van der Waals surface area (Å²) in [4.78, 5) is 22.8. The van der Waals surface area contributed by atoms with Crippen molar-refractivity contribution in [2.45, 2.75) is 187 Å². The maximum atomic E-state index is 13.9. The van der Waals surface area contributed by atoms with Crippen molar-refractivity contribution < 1.29 is 22.5 Å². The van der Waals surface area contributed by atoms with Gasteiger partial charge in [-0.1, -0.05) is 104 Å². The normalized spacial score (nSPS) is 19.5. The fourth-order valence-electron chi connectivity index (χ4n) is 8.94. The van der Waals surface area contributed by atoms with Crippen LogP contribution >= 0.6 is 0 Å². The Morgan fingerprint density at radius 2 is 1.41 bits per heavy atom. The molecule has 0 spiro atoms. The lowest BCUT2D eigenvalue weighted by atomic mass is 10.1. The summed E-state index contributed by atoms with van der Waals surface area (Å²) in [5.74, 6) is 0.808. The largest absolute Gasteiger partial charge is 0.460 e. The smallest absolute Gasteiger partial charge is 0.233 e. The van der Waals surface area contributed by atoms with Crippen LogP contribution in [0.4, 0.5) is 5.82 Å². The Kier molecular flexibility index (Phi) is 14.8. The number of carbonyl (C=O) groups is 1. The topological polar surface area (TPSA) is 95.7 Å². The van der Waals surface area contributed by atoms with Crippen molar-refractivity contribution in [3.8, 4) is 0 Å². The molecule has 0 aliphatic heterocycles. The zero-order valence-electron chi connectivity index (χ0n) is 35.3. The minimum Gasteiger partial charge on any atom is -0.460 e. The Morgan fingerprint density at radius 3 is 1.92 bits per heavy atom. The van der Waals surface area contributed by atoms with E-state index in [1.165, 1.54) is 6.33 Å². The average molecular weight is 760 g/mol. The van der Waals surface area contributed by atoms with Crippen molar-refractivity contribution in [2.24, 2.45) is 5.92 Å². The van der Waals surface area contributed by atoms with E-state index in [2.05, 4.69) is 132 Å². The van der Waals surface area contributed by atoms with Gasteiger partial charge in [-0.3, -0.25) is 4.79 Å². The van der Waals surface area contributed by atoms with Crippen molar-refractivity contribution >= 4 is 36.6 Å². The van der Waals surface area contributed by atoms with E-state index in [0.29, 0.717) is 57.8 Å². The lowest BCUT2D eigenvalue weighted by Crippen LogP contribution is -2.51. The zero-order chi connectivity index (χ0) is 38.7. The second kappa shape index (κ2) is 17.2. The number of aromatic nitrogens is 2. The number of nitrogens with zero attached hydrogens (tertiary/aromatic N) is 2. The van der Waals surface area contributed by atoms with Gasteiger partial charge < -0.3 is 23.0 Å². The van der Waals surface area contributed by atoms with Crippen LogP contribution in [0.25, 0.3) is 0 Å². The van der Waals surface area contributed by atoms with Crippen LogP contribution in [0.5, 0.6) is 0 Å². The van der Waals surface area contributed by atoms with Crippen LogP contribution in [0.3, 0.4) is 0 Å². The number of anilines is 1. The standard InChI is InChI=1S/C40H73N3O5Si3/c1-26(2)50(27(3)4,28(5)6)47-23-32-18-37(45-22-32)38(44)35-21-41-25-42-39(35)43-34-19-33(24-46-49(16,17)40(13,14)15)36(20-34)48-51(29(7)8,30(9)10)31(11)12/h18,21-22,25-31,33-34,36H,19-20,23-24H2,1-17H3,(H,41,42,43)/t33-,34-,36-/m1/s1. The van der Waals surface area contributed by atoms with Gasteiger partial charge >= 0.3 is 0 Å². The van der Waals surface area contributed by atoms with Gasteiger partial charge in [-0.15, -0.1) is 0 Å². The second-order valence-electron chi connectivity index (χ2n) is 18.7. The van der Waals surface area contributed by atoms with Gasteiger partial charge in [0.05, 0.1) is 24.5 Å². The predicted molar refractivity (Wildman–Crippen MR) is 219 cm³/mol. The first-order valence-corrected chi connectivity index (χ1v) is 26.8. The Labute approximate surface area is 314 Å². The molecule has 0 amide bonds. The van der Waals surface area contributed by atoms with E-state index < -0.39 is 25.0 Å². The fourth-order valence-corrected chi connectivity index (χ4v) is 21.1. The lowest BCUT2D eigenvalue weighted by Gasteiger charge is -2.45. The molecule has 0 radical (unpaired) electrons. The summed E-state index contributed by atoms with van der Waals surface area (Å²) >= 11 is 0. The molecule has 2 aromatic heterocycles. The van der Waals surface area contributed by atoms with Crippen molar-refractivity contribution in [2.75, 3.05) is 11.9 Å². The third-order valence-electron chi connectivity index (χ3n) is 12.5. The summed E-state index contributed by atoms with van der Waals surface area (Å²) in [5, 5.41) is 3.80. The second-order valence-corrected chi connectivity index (χ2v) is 34.3. The van der Waals surface area contributed by atoms with Gasteiger partial charge in [-0.2, -0.15) is 0 Å². The highest BCUT2D eigenvalue weighted by Crippen LogP contribution is 2.47. The monoisotopic (exact) mass is 759 g/mol. The maximum absolute atomic E-state index is 13.9. The van der Waals surface area contributed by atoms with Gasteiger partial charge in [0.15, 0.2) is 14.1 Å². The SMILES string of the molecule is CC(C)[Si](OCc1coc(C(=O)c2cncnc2N[C@@H]2C[C@H](CO[Si](C)(C)C(C)(C)C)[C@H](O[Si](C(C)C)(C(C)C)C(C)C)C2)c1)(C(C)C)C(C)C. The molecule has 1 fully saturated rings. The molecule has 290 valence electrons. The molecule has 1 N–H and O–H groups in total. The lowest BCUT2D eigenvalue weighted by molar-refractivity contribution is 0.0971. The summed E-state index contributed by atoms with van der Waals surface area (Å²) in [6.07, 6.45) is 6.54. The molecule has 3 rings (SSSR count). The number of furan rings is 1. The van der Waals surface area contributed by atoms with Crippen LogP contribution in [0.2, 0.25) is 51.4 Å². The number of hydrogen-bond acceptors (Lipinski definition) is 8. The Morgan fingerprint density at radius 1 is 0.863 bits per heavy atom. The summed E-state index contributed by atoms with van der Waals surface area (Å²) in [6, 6.07) is 1.89. The summed E-state index contributed by atoms with van der Waals surface area (Å²) in [7, 11) is -6.18. The average Bonchev–Trinajstić information content (AvgIpc) is 3.64. The van der Waals surface area contributed by atoms with Gasteiger partial charge in [0.25, 0.3) is 0 Å². The van der Waals surface area contributed by atoms with E-state index in [4.69, 9.17) is 17.7 Å². The molecule has 2 heterocycles. The van der Waals surface area contributed by atoms with E-state index in [1.807, 2.05) is 6.07 Å². The molecule has 1 saturated carbocycles. The summed E-state index contributed by atoms with van der Waals surface area (Å²) < 4.78 is 27.0. The molecule has 0 unspecified atom stereocenters. The highest BCUT2D eigenvalue weighted by atomic mass is 28.4. The summed E-state index contributed by atoms with van der Waals surface area (Å²) in [5.41, 5.74) is 4.15. The summed E-state index contributed by atoms with van der Waals surface area (Å²) in [6.45, 7) is 40.4. The maximum Gasteiger partial charge on any atom is 0.233 e. The predicted octanol–water partition coefficient (Wildman–Crippen LogP) is 11.8. The molecule has 11 heteroatoms. The molecule has 3 atom stereocenters. The number of hydrogen-bond donors (Lipinski definition) is 1. The Bertz CT molecular complexity index is 1370. The van der Waals surface area contributed by atoms with E-state index in [9.17, 15) is 4.79 Å².